The van der Waals surface area contributed by atoms with E-state index in [1.165, 1.54) is 25.7 Å². The molecule has 1 aliphatic carbocycles. The molecule has 1 aliphatic heterocycles. The Morgan fingerprint density at radius 1 is 1.15 bits per heavy atom. The highest BCUT2D eigenvalue weighted by Gasteiger charge is 2.27. The van der Waals surface area contributed by atoms with Gasteiger partial charge in [0, 0.05) is 19.1 Å². The van der Waals surface area contributed by atoms with Crippen LogP contribution in [0.15, 0.2) is 0 Å². The number of likely N-dealkylation sites (tertiary alicyclic amines) is 1. The minimum absolute atomic E-state index is 0.153. The molecule has 1 saturated carbocycles. The summed E-state index contributed by atoms with van der Waals surface area (Å²) in [6, 6.07) is 0.749. The van der Waals surface area contributed by atoms with Crippen LogP contribution in [0.25, 0.3) is 0 Å². The molecule has 2 aliphatic rings. The van der Waals surface area contributed by atoms with Crippen LogP contribution in [-0.2, 0) is 4.74 Å². The van der Waals surface area contributed by atoms with Gasteiger partial charge in [-0.1, -0.05) is 12.8 Å². The number of nitrogens with one attached hydrogen (secondary N) is 1. The number of carbonyl (C=O) groups excluding carboxylic acids is 1. The maximum absolute atomic E-state index is 12.0. The molecular formula is C16H30N2O2. The molecule has 0 unspecified atom stereocenters. The highest BCUT2D eigenvalue weighted by atomic mass is 16.6. The summed E-state index contributed by atoms with van der Waals surface area (Å²) in [7, 11) is 0. The summed E-state index contributed by atoms with van der Waals surface area (Å²) in [5.41, 5.74) is -0.391. The largest absolute Gasteiger partial charge is 0.444 e. The molecule has 0 spiro atoms. The van der Waals surface area contributed by atoms with Crippen molar-refractivity contribution in [1.29, 1.82) is 0 Å². The zero-order valence-corrected chi connectivity index (χ0v) is 13.3. The predicted molar refractivity (Wildman–Crippen MR) is 80.8 cm³/mol. The lowest BCUT2D eigenvalue weighted by Crippen LogP contribution is -2.44. The van der Waals surface area contributed by atoms with Crippen LogP contribution < -0.4 is 5.32 Å². The fourth-order valence-electron chi connectivity index (χ4n) is 3.11. The molecule has 116 valence electrons. The molecule has 0 aromatic rings. The van der Waals surface area contributed by atoms with Crippen LogP contribution in [0, 0.1) is 5.92 Å². The van der Waals surface area contributed by atoms with E-state index in [1.807, 2.05) is 25.7 Å². The first-order chi connectivity index (χ1) is 9.44. The van der Waals surface area contributed by atoms with E-state index in [0.717, 1.165) is 38.5 Å². The second-order valence-electron chi connectivity index (χ2n) is 7.30. The van der Waals surface area contributed by atoms with E-state index in [-0.39, 0.29) is 6.09 Å². The van der Waals surface area contributed by atoms with Crippen LogP contribution in [0.5, 0.6) is 0 Å². The molecule has 2 rings (SSSR count). The van der Waals surface area contributed by atoms with E-state index in [2.05, 4.69) is 5.32 Å². The minimum Gasteiger partial charge on any atom is -0.444 e. The lowest BCUT2D eigenvalue weighted by molar-refractivity contribution is 0.0183. The first-order valence-corrected chi connectivity index (χ1v) is 8.15. The molecule has 4 heteroatoms. The minimum atomic E-state index is -0.391. The molecule has 1 saturated heterocycles. The Morgan fingerprint density at radius 3 is 2.30 bits per heavy atom. The third-order valence-corrected chi connectivity index (χ3v) is 4.32. The molecule has 0 atom stereocenters. The quantitative estimate of drug-likeness (QED) is 0.864. The summed E-state index contributed by atoms with van der Waals surface area (Å²) < 4.78 is 5.43. The number of amides is 1. The van der Waals surface area contributed by atoms with Crippen molar-refractivity contribution < 1.29 is 9.53 Å². The third-order valence-electron chi connectivity index (χ3n) is 4.32. The topological polar surface area (TPSA) is 41.6 Å². The van der Waals surface area contributed by atoms with Crippen LogP contribution in [0.4, 0.5) is 4.79 Å². The Morgan fingerprint density at radius 2 is 1.75 bits per heavy atom. The van der Waals surface area contributed by atoms with Crippen molar-refractivity contribution in [2.24, 2.45) is 5.92 Å². The predicted octanol–water partition coefficient (Wildman–Crippen LogP) is 3.17. The van der Waals surface area contributed by atoms with Gasteiger partial charge in [-0.05, 0) is 58.9 Å². The first-order valence-electron chi connectivity index (χ1n) is 8.15. The molecular weight excluding hydrogens is 252 g/mol. The van der Waals surface area contributed by atoms with Crippen LogP contribution in [0.2, 0.25) is 0 Å². The van der Waals surface area contributed by atoms with Crippen molar-refractivity contribution >= 4 is 6.09 Å². The summed E-state index contributed by atoms with van der Waals surface area (Å²) in [5.74, 6) is 0.717. The van der Waals surface area contributed by atoms with Crippen LogP contribution in [0.3, 0.4) is 0 Å². The van der Waals surface area contributed by atoms with E-state index in [1.54, 1.807) is 0 Å². The second-order valence-corrected chi connectivity index (χ2v) is 7.30. The van der Waals surface area contributed by atoms with Gasteiger partial charge < -0.3 is 15.0 Å². The lowest BCUT2D eigenvalue weighted by Gasteiger charge is -2.34. The molecule has 1 amide bonds. The van der Waals surface area contributed by atoms with Gasteiger partial charge in [-0.25, -0.2) is 4.79 Å². The number of ether oxygens (including phenoxy) is 1. The fraction of sp³-hybridized carbons (Fsp3) is 0.938. The number of carbonyl (C=O) groups is 1. The van der Waals surface area contributed by atoms with E-state index >= 15 is 0 Å². The van der Waals surface area contributed by atoms with Crippen molar-refractivity contribution in [3.05, 3.63) is 0 Å². The Balaban J connectivity index is 1.65. The molecule has 1 N–H and O–H groups in total. The summed E-state index contributed by atoms with van der Waals surface area (Å²) >= 11 is 0. The highest BCUT2D eigenvalue weighted by molar-refractivity contribution is 5.68. The zero-order chi connectivity index (χ0) is 14.6. The summed E-state index contributed by atoms with van der Waals surface area (Å²) in [6.07, 6.45) is 7.49. The molecule has 1 heterocycles. The van der Waals surface area contributed by atoms with Gasteiger partial charge in [-0.15, -0.1) is 0 Å². The van der Waals surface area contributed by atoms with Gasteiger partial charge in [0.2, 0.25) is 0 Å². The third kappa shape index (κ3) is 4.97. The van der Waals surface area contributed by atoms with Crippen molar-refractivity contribution in [2.75, 3.05) is 19.6 Å². The van der Waals surface area contributed by atoms with Gasteiger partial charge in [-0.3, -0.25) is 0 Å². The molecule has 2 fully saturated rings. The van der Waals surface area contributed by atoms with Crippen LogP contribution in [-0.4, -0.2) is 42.3 Å². The monoisotopic (exact) mass is 282 g/mol. The molecule has 4 nitrogen and oxygen atoms in total. The van der Waals surface area contributed by atoms with Crippen molar-refractivity contribution in [3.63, 3.8) is 0 Å². The number of hydrogen-bond acceptors (Lipinski definition) is 3. The van der Waals surface area contributed by atoms with Gasteiger partial charge in [0.1, 0.15) is 5.60 Å². The van der Waals surface area contributed by atoms with Crippen molar-refractivity contribution in [3.8, 4) is 0 Å². The van der Waals surface area contributed by atoms with Crippen LogP contribution >= 0.6 is 0 Å². The van der Waals surface area contributed by atoms with E-state index in [9.17, 15) is 4.79 Å². The van der Waals surface area contributed by atoms with Gasteiger partial charge in [-0.2, -0.15) is 0 Å². The number of nitrogens with zero attached hydrogens (tertiary/aromatic N) is 1. The van der Waals surface area contributed by atoms with E-state index < -0.39 is 5.60 Å². The molecule has 20 heavy (non-hydrogen) atoms. The Hall–Kier alpha value is -0.770. The van der Waals surface area contributed by atoms with Crippen LogP contribution in [0.1, 0.15) is 59.3 Å². The average Bonchev–Trinajstić information content (AvgIpc) is 2.88. The molecule has 0 radical (unpaired) electrons. The number of piperidine rings is 1. The summed E-state index contributed by atoms with van der Waals surface area (Å²) in [6.45, 7) is 8.56. The van der Waals surface area contributed by atoms with E-state index in [4.69, 9.17) is 4.74 Å². The number of rotatable bonds is 3. The highest BCUT2D eigenvalue weighted by Crippen LogP contribution is 2.21. The normalized spacial score (nSPS) is 22.2. The number of hydrogen-bond donors (Lipinski definition) is 1. The maximum Gasteiger partial charge on any atom is 0.410 e. The summed E-state index contributed by atoms with van der Waals surface area (Å²) in [5, 5.41) is 3.70. The van der Waals surface area contributed by atoms with Crippen molar-refractivity contribution in [1.82, 2.24) is 10.2 Å². The van der Waals surface area contributed by atoms with Crippen molar-refractivity contribution in [2.45, 2.75) is 70.9 Å². The molecule has 0 bridgehead atoms. The Labute approximate surface area is 123 Å². The van der Waals surface area contributed by atoms with E-state index in [0.29, 0.717) is 5.92 Å². The Bertz CT molecular complexity index is 311. The standard InChI is InChI=1S/C16H30N2O2/c1-16(2,3)20-15(19)18-10-8-13(9-11-18)12-17-14-6-4-5-7-14/h13-14,17H,4-12H2,1-3H3. The SMILES string of the molecule is CC(C)(C)OC(=O)N1CCC(CNC2CCCC2)CC1. The molecule has 0 aromatic carbocycles. The average molecular weight is 282 g/mol. The maximum atomic E-state index is 12.0. The zero-order valence-electron chi connectivity index (χ0n) is 13.3. The van der Waals surface area contributed by atoms with Gasteiger partial charge in [0.15, 0.2) is 0 Å². The smallest absolute Gasteiger partial charge is 0.410 e. The second kappa shape index (κ2) is 6.79. The summed E-state index contributed by atoms with van der Waals surface area (Å²) in [4.78, 5) is 13.8. The van der Waals surface area contributed by atoms with Gasteiger partial charge >= 0.3 is 6.09 Å². The first kappa shape index (κ1) is 15.6. The molecule has 0 aromatic heterocycles. The lowest BCUT2D eigenvalue weighted by atomic mass is 9.96. The fourth-order valence-corrected chi connectivity index (χ4v) is 3.11. The van der Waals surface area contributed by atoms with Gasteiger partial charge in [0.25, 0.3) is 0 Å². The van der Waals surface area contributed by atoms with Gasteiger partial charge in [0.05, 0.1) is 0 Å². The Kier molecular flexibility index (Phi) is 5.30.